The molecule has 0 spiro atoms. The molecule has 0 aliphatic heterocycles. The summed E-state index contributed by atoms with van der Waals surface area (Å²) in [5, 5.41) is 23.4. The van der Waals surface area contributed by atoms with Crippen LogP contribution in [0.3, 0.4) is 0 Å². The van der Waals surface area contributed by atoms with Crippen LogP contribution in [0.5, 0.6) is 0 Å². The number of rotatable bonds is 10. The van der Waals surface area contributed by atoms with E-state index in [1.165, 1.54) is 13.1 Å². The Hall–Kier alpha value is -4.03. The van der Waals surface area contributed by atoms with Crippen molar-refractivity contribution in [2.75, 3.05) is 31.6 Å². The van der Waals surface area contributed by atoms with Crippen molar-refractivity contribution in [2.45, 2.75) is 13.0 Å². The van der Waals surface area contributed by atoms with E-state index >= 15 is 0 Å². The average Bonchev–Trinajstić information content (AvgIpc) is 2.89. The summed E-state index contributed by atoms with van der Waals surface area (Å²) in [6.45, 7) is 2.07. The number of benzene rings is 2. The van der Waals surface area contributed by atoms with Crippen LogP contribution in [0.25, 0.3) is 22.6 Å². The van der Waals surface area contributed by atoms with Crippen molar-refractivity contribution in [1.82, 2.24) is 29.6 Å². The maximum atomic E-state index is 13.7. The molecule has 3 N–H and O–H groups in total. The Morgan fingerprint density at radius 1 is 0.972 bits per heavy atom. The first-order valence-electron chi connectivity index (χ1n) is 11.3. The molecule has 2 aromatic carbocycles. The molecule has 0 radical (unpaired) electrons. The van der Waals surface area contributed by atoms with Gasteiger partial charge in [-0.3, -0.25) is 13.9 Å². The fraction of sp³-hybridized carbons (Fsp3) is 0.292. The summed E-state index contributed by atoms with van der Waals surface area (Å²) in [7, 11) is 1.31. The van der Waals surface area contributed by atoms with Crippen molar-refractivity contribution in [3.8, 4) is 11.4 Å². The average molecular weight is 498 g/mol. The number of fused-ring (bicyclic) bond motifs is 1. The van der Waals surface area contributed by atoms with E-state index in [-0.39, 0.29) is 30.1 Å². The summed E-state index contributed by atoms with van der Waals surface area (Å²) >= 11 is 0. The predicted octanol–water partition coefficient (Wildman–Crippen LogP) is 1.26. The lowest BCUT2D eigenvalue weighted by Gasteiger charge is -2.11. The van der Waals surface area contributed by atoms with Gasteiger partial charge in [-0.25, -0.2) is 18.6 Å². The summed E-state index contributed by atoms with van der Waals surface area (Å²) < 4.78 is 29.0. The van der Waals surface area contributed by atoms with E-state index in [1.54, 1.807) is 12.1 Å². The van der Waals surface area contributed by atoms with Gasteiger partial charge in [0.2, 0.25) is 0 Å². The van der Waals surface area contributed by atoms with Crippen LogP contribution < -0.4 is 21.9 Å². The van der Waals surface area contributed by atoms with Crippen LogP contribution in [0.15, 0.2) is 52.1 Å². The monoisotopic (exact) mass is 497 g/mol. The van der Waals surface area contributed by atoms with E-state index in [0.717, 1.165) is 46.5 Å². The van der Waals surface area contributed by atoms with Crippen molar-refractivity contribution in [3.05, 3.63) is 80.5 Å². The van der Waals surface area contributed by atoms with E-state index < -0.39 is 22.9 Å². The van der Waals surface area contributed by atoms with Gasteiger partial charge in [0.25, 0.3) is 5.56 Å². The number of hydrogen-bond acceptors (Lipinski definition) is 8. The van der Waals surface area contributed by atoms with Gasteiger partial charge in [-0.2, -0.15) is 0 Å². The minimum Gasteiger partial charge on any atom is -0.395 e. The lowest BCUT2D eigenvalue weighted by molar-refractivity contribution is 0.292. The number of anilines is 1. The molecule has 0 amide bonds. The third-order valence-corrected chi connectivity index (χ3v) is 5.57. The van der Waals surface area contributed by atoms with Crippen LogP contribution in [0.2, 0.25) is 0 Å². The molecule has 0 aliphatic carbocycles. The molecule has 0 atom stereocenters. The zero-order chi connectivity index (χ0) is 25.7. The van der Waals surface area contributed by atoms with Crippen LogP contribution in [-0.2, 0) is 13.6 Å². The van der Waals surface area contributed by atoms with Gasteiger partial charge < -0.3 is 15.7 Å². The molecule has 0 unspecified atom stereocenters. The number of hydrogen-bond donors (Lipinski definition) is 3. The van der Waals surface area contributed by atoms with Gasteiger partial charge in [0.05, 0.1) is 13.2 Å². The molecule has 188 valence electrons. The Balaban J connectivity index is 1.59. The third kappa shape index (κ3) is 5.44. The van der Waals surface area contributed by atoms with Crippen LogP contribution in [0, 0.1) is 11.6 Å². The largest absolute Gasteiger partial charge is 0.395 e. The minimum absolute atomic E-state index is 0.0512. The van der Waals surface area contributed by atoms with Crippen LogP contribution >= 0.6 is 0 Å². The van der Waals surface area contributed by atoms with E-state index in [2.05, 4.69) is 25.8 Å². The smallest absolute Gasteiger partial charge is 0.332 e. The predicted molar refractivity (Wildman–Crippen MR) is 131 cm³/mol. The summed E-state index contributed by atoms with van der Waals surface area (Å²) in [5.74, 6) is -1.84. The van der Waals surface area contributed by atoms with Gasteiger partial charge in [0.1, 0.15) is 0 Å². The van der Waals surface area contributed by atoms with Crippen LogP contribution in [0.4, 0.5) is 14.5 Å². The molecule has 2 heterocycles. The van der Waals surface area contributed by atoms with Crippen LogP contribution in [-0.4, -0.2) is 55.7 Å². The maximum absolute atomic E-state index is 13.7. The molecule has 10 nitrogen and oxygen atoms in total. The topological polar surface area (TPSA) is 127 Å². The molecular weight excluding hydrogens is 472 g/mol. The van der Waals surface area contributed by atoms with Crippen molar-refractivity contribution < 1.29 is 13.9 Å². The van der Waals surface area contributed by atoms with E-state index in [9.17, 15) is 18.4 Å². The summed E-state index contributed by atoms with van der Waals surface area (Å²) in [6, 6.07) is 10.6. The van der Waals surface area contributed by atoms with Gasteiger partial charge in [0, 0.05) is 31.4 Å². The highest BCUT2D eigenvalue weighted by Gasteiger charge is 2.17. The standard InChI is InChI=1S/C24H25F2N7O3/c1-32-23(35)20-22(33(24(32)36)14-15-3-8-18(25)19(26)13-15)31-30-21(29-20)16-4-6-17(7-5-16)28-10-2-9-27-11-12-34/h3-8,13,27-28,34H,2,9-12,14H2,1H3. The second-order valence-corrected chi connectivity index (χ2v) is 8.12. The summed E-state index contributed by atoms with van der Waals surface area (Å²) in [5.41, 5.74) is 0.399. The molecule has 0 saturated carbocycles. The fourth-order valence-electron chi connectivity index (χ4n) is 3.64. The molecular formula is C24H25F2N7O3. The Labute approximate surface area is 204 Å². The van der Waals surface area contributed by atoms with Gasteiger partial charge >= 0.3 is 5.69 Å². The lowest BCUT2D eigenvalue weighted by Crippen LogP contribution is -2.39. The number of aromatic nitrogens is 5. The highest BCUT2D eigenvalue weighted by atomic mass is 19.2. The third-order valence-electron chi connectivity index (χ3n) is 5.57. The highest BCUT2D eigenvalue weighted by Crippen LogP contribution is 2.19. The minimum atomic E-state index is -1.04. The molecule has 0 aliphatic rings. The number of nitrogens with zero attached hydrogens (tertiary/aromatic N) is 5. The Bertz CT molecular complexity index is 1490. The second kappa shape index (κ2) is 11.1. The normalized spacial score (nSPS) is 11.2. The molecule has 12 heteroatoms. The van der Waals surface area contributed by atoms with E-state index in [4.69, 9.17) is 5.11 Å². The summed E-state index contributed by atoms with van der Waals surface area (Å²) in [4.78, 5) is 29.9. The Kier molecular flexibility index (Phi) is 7.76. The zero-order valence-corrected chi connectivity index (χ0v) is 19.5. The first-order chi connectivity index (χ1) is 17.4. The SMILES string of the molecule is Cn1c(=O)c2nc(-c3ccc(NCCCNCCO)cc3)nnc2n(Cc2ccc(F)c(F)c2)c1=O. The molecule has 36 heavy (non-hydrogen) atoms. The van der Waals surface area contributed by atoms with Gasteiger partial charge in [-0.15, -0.1) is 10.2 Å². The van der Waals surface area contributed by atoms with Crippen molar-refractivity contribution >= 4 is 16.9 Å². The number of aliphatic hydroxyl groups excluding tert-OH is 1. The first kappa shape index (κ1) is 25.1. The molecule has 2 aromatic heterocycles. The zero-order valence-electron chi connectivity index (χ0n) is 19.5. The molecule has 4 aromatic rings. The number of halogens is 2. The summed E-state index contributed by atoms with van der Waals surface area (Å²) in [6.07, 6.45) is 0.884. The first-order valence-corrected chi connectivity index (χ1v) is 11.3. The maximum Gasteiger partial charge on any atom is 0.332 e. The van der Waals surface area contributed by atoms with E-state index in [0.29, 0.717) is 17.7 Å². The quantitative estimate of drug-likeness (QED) is 0.280. The van der Waals surface area contributed by atoms with Crippen LogP contribution in [0.1, 0.15) is 12.0 Å². The Morgan fingerprint density at radius 3 is 2.47 bits per heavy atom. The fourth-order valence-corrected chi connectivity index (χ4v) is 3.64. The molecule has 4 rings (SSSR count). The molecule has 0 bridgehead atoms. The van der Waals surface area contributed by atoms with Crippen molar-refractivity contribution in [3.63, 3.8) is 0 Å². The molecule has 0 saturated heterocycles. The van der Waals surface area contributed by atoms with Crippen molar-refractivity contribution in [2.24, 2.45) is 7.05 Å². The second-order valence-electron chi connectivity index (χ2n) is 8.12. The number of nitrogens with one attached hydrogen (secondary N) is 2. The van der Waals surface area contributed by atoms with Gasteiger partial charge in [-0.05, 0) is 54.9 Å². The lowest BCUT2D eigenvalue weighted by atomic mass is 10.2. The van der Waals surface area contributed by atoms with Gasteiger partial charge in [-0.1, -0.05) is 6.07 Å². The van der Waals surface area contributed by atoms with Gasteiger partial charge in [0.15, 0.2) is 28.6 Å². The number of aliphatic hydroxyl groups is 1. The van der Waals surface area contributed by atoms with E-state index in [1.807, 2.05) is 12.1 Å². The Morgan fingerprint density at radius 2 is 1.75 bits per heavy atom. The molecule has 0 fully saturated rings. The van der Waals surface area contributed by atoms with Crippen molar-refractivity contribution in [1.29, 1.82) is 0 Å². The highest BCUT2D eigenvalue weighted by molar-refractivity contribution is 5.71.